The predicted octanol–water partition coefficient (Wildman–Crippen LogP) is 1.90. The first kappa shape index (κ1) is 13.5. The smallest absolute Gasteiger partial charge is 0.310 e. The normalized spacial score (nSPS) is 10.0. The third-order valence-electron chi connectivity index (χ3n) is 2.26. The molecular weight excluding hydrogens is 220 g/mol. The van der Waals surface area contributed by atoms with Gasteiger partial charge in [-0.15, -0.1) is 0 Å². The lowest BCUT2D eigenvalue weighted by molar-refractivity contribution is -0.142. The van der Waals surface area contributed by atoms with E-state index >= 15 is 0 Å². The van der Waals surface area contributed by atoms with E-state index < -0.39 is 0 Å². The number of hydrogen-bond donors (Lipinski definition) is 1. The van der Waals surface area contributed by atoms with Crippen LogP contribution in [0.4, 0.5) is 0 Å². The van der Waals surface area contributed by atoms with Crippen molar-refractivity contribution in [3.8, 4) is 5.75 Å². The van der Waals surface area contributed by atoms with Crippen LogP contribution in [0.25, 0.3) is 0 Å². The number of hydrogen-bond acceptors (Lipinski definition) is 4. The zero-order valence-corrected chi connectivity index (χ0v) is 10.0. The van der Waals surface area contributed by atoms with Gasteiger partial charge in [0.25, 0.3) is 0 Å². The zero-order chi connectivity index (χ0) is 12.5. The summed E-state index contributed by atoms with van der Waals surface area (Å²) in [5, 5.41) is 8.56. The van der Waals surface area contributed by atoms with E-state index in [0.29, 0.717) is 12.4 Å². The van der Waals surface area contributed by atoms with Crippen LogP contribution in [0.3, 0.4) is 0 Å². The highest BCUT2D eigenvalue weighted by Crippen LogP contribution is 2.12. The molecule has 0 amide bonds. The Bertz CT molecular complexity index is 332. The summed E-state index contributed by atoms with van der Waals surface area (Å²) in [6, 6.07) is 6.99. The van der Waals surface area contributed by atoms with E-state index in [9.17, 15) is 4.79 Å². The minimum absolute atomic E-state index is 0.214. The molecule has 4 heteroatoms. The van der Waals surface area contributed by atoms with Crippen molar-refractivity contribution >= 4 is 5.97 Å². The summed E-state index contributed by atoms with van der Waals surface area (Å²) < 4.78 is 9.94. The highest BCUT2D eigenvalue weighted by atomic mass is 16.6. The fraction of sp³-hybridized carbons (Fsp3) is 0.462. The SMILES string of the molecule is CCCCOC(=O)Cc1ccc(OCO)cc1. The molecule has 1 aromatic rings. The lowest BCUT2D eigenvalue weighted by Gasteiger charge is -2.05. The molecule has 1 aromatic carbocycles. The van der Waals surface area contributed by atoms with Gasteiger partial charge in [-0.1, -0.05) is 25.5 Å². The first-order valence-corrected chi connectivity index (χ1v) is 5.74. The molecule has 94 valence electrons. The molecule has 1 N–H and O–H groups in total. The quantitative estimate of drug-likeness (QED) is 0.448. The second-order valence-electron chi connectivity index (χ2n) is 3.67. The van der Waals surface area contributed by atoms with Crippen molar-refractivity contribution in [3.63, 3.8) is 0 Å². The summed E-state index contributed by atoms with van der Waals surface area (Å²) in [4.78, 5) is 11.4. The third-order valence-corrected chi connectivity index (χ3v) is 2.26. The van der Waals surface area contributed by atoms with E-state index in [-0.39, 0.29) is 19.2 Å². The largest absolute Gasteiger partial charge is 0.468 e. The lowest BCUT2D eigenvalue weighted by Crippen LogP contribution is -2.08. The Morgan fingerprint density at radius 1 is 1.29 bits per heavy atom. The molecule has 0 bridgehead atoms. The summed E-state index contributed by atoms with van der Waals surface area (Å²) in [6.07, 6.45) is 2.18. The van der Waals surface area contributed by atoms with Crippen LogP contribution in [0, 0.1) is 0 Å². The molecule has 1 rings (SSSR count). The summed E-state index contributed by atoms with van der Waals surface area (Å²) in [5.41, 5.74) is 0.872. The monoisotopic (exact) mass is 238 g/mol. The first-order chi connectivity index (χ1) is 8.26. The molecule has 0 unspecified atom stereocenters. The van der Waals surface area contributed by atoms with Crippen molar-refractivity contribution in [1.82, 2.24) is 0 Å². The second kappa shape index (κ2) is 7.68. The first-order valence-electron chi connectivity index (χ1n) is 5.74. The number of carbonyl (C=O) groups excluding carboxylic acids is 1. The van der Waals surface area contributed by atoms with Crippen molar-refractivity contribution in [1.29, 1.82) is 0 Å². The van der Waals surface area contributed by atoms with Crippen molar-refractivity contribution < 1.29 is 19.4 Å². The van der Waals surface area contributed by atoms with Gasteiger partial charge in [-0.25, -0.2) is 0 Å². The van der Waals surface area contributed by atoms with Crippen LogP contribution < -0.4 is 4.74 Å². The van der Waals surface area contributed by atoms with Crippen molar-refractivity contribution in [2.75, 3.05) is 13.4 Å². The molecular formula is C13H18O4. The maximum Gasteiger partial charge on any atom is 0.310 e. The van der Waals surface area contributed by atoms with E-state index in [1.807, 2.05) is 6.92 Å². The summed E-state index contributed by atoms with van der Waals surface area (Å²) in [6.45, 7) is 2.19. The van der Waals surface area contributed by atoms with Crippen LogP contribution >= 0.6 is 0 Å². The van der Waals surface area contributed by atoms with Crippen LogP contribution in [0.5, 0.6) is 5.75 Å². The molecule has 0 aliphatic rings. The minimum atomic E-state index is -0.349. The molecule has 0 radical (unpaired) electrons. The summed E-state index contributed by atoms with van der Waals surface area (Å²) >= 11 is 0. The summed E-state index contributed by atoms with van der Waals surface area (Å²) in [7, 11) is 0. The maximum atomic E-state index is 11.4. The van der Waals surface area contributed by atoms with E-state index in [1.54, 1.807) is 24.3 Å². The Balaban J connectivity index is 2.37. The second-order valence-corrected chi connectivity index (χ2v) is 3.67. The van der Waals surface area contributed by atoms with E-state index in [4.69, 9.17) is 14.6 Å². The Labute approximate surface area is 101 Å². The molecule has 0 aliphatic heterocycles. The minimum Gasteiger partial charge on any atom is -0.468 e. The van der Waals surface area contributed by atoms with Crippen LogP contribution in [-0.4, -0.2) is 24.5 Å². The molecule has 0 fully saturated rings. The van der Waals surface area contributed by atoms with Crippen molar-refractivity contribution in [2.45, 2.75) is 26.2 Å². The van der Waals surface area contributed by atoms with Gasteiger partial charge in [0.2, 0.25) is 0 Å². The van der Waals surface area contributed by atoms with E-state index in [2.05, 4.69) is 0 Å². The highest BCUT2D eigenvalue weighted by molar-refractivity contribution is 5.72. The number of ether oxygens (including phenoxy) is 2. The van der Waals surface area contributed by atoms with Gasteiger partial charge < -0.3 is 14.6 Å². The van der Waals surface area contributed by atoms with E-state index in [1.165, 1.54) is 0 Å². The van der Waals surface area contributed by atoms with Crippen LogP contribution in [0.2, 0.25) is 0 Å². The average molecular weight is 238 g/mol. The van der Waals surface area contributed by atoms with Gasteiger partial charge in [0.15, 0.2) is 6.79 Å². The Kier molecular flexibility index (Phi) is 6.10. The molecule has 0 heterocycles. The highest BCUT2D eigenvalue weighted by Gasteiger charge is 2.04. The van der Waals surface area contributed by atoms with Gasteiger partial charge in [0.05, 0.1) is 13.0 Å². The molecule has 0 aliphatic carbocycles. The summed E-state index contributed by atoms with van der Waals surface area (Å²) in [5.74, 6) is 0.366. The Morgan fingerprint density at radius 3 is 2.59 bits per heavy atom. The molecule has 0 saturated carbocycles. The third kappa shape index (κ3) is 5.36. The van der Waals surface area contributed by atoms with Gasteiger partial charge in [-0.05, 0) is 24.1 Å². The predicted molar refractivity (Wildman–Crippen MR) is 63.7 cm³/mol. The fourth-order valence-corrected chi connectivity index (χ4v) is 1.33. The Morgan fingerprint density at radius 2 is 2.00 bits per heavy atom. The molecule has 0 atom stereocenters. The molecule has 0 spiro atoms. The number of carbonyl (C=O) groups is 1. The Hall–Kier alpha value is -1.55. The van der Waals surface area contributed by atoms with Gasteiger partial charge in [-0.2, -0.15) is 0 Å². The van der Waals surface area contributed by atoms with Gasteiger partial charge in [-0.3, -0.25) is 4.79 Å². The standard InChI is InChI=1S/C13H18O4/c1-2-3-8-16-13(15)9-11-4-6-12(7-5-11)17-10-14/h4-7,14H,2-3,8-10H2,1H3. The number of aliphatic hydroxyl groups excluding tert-OH is 1. The van der Waals surface area contributed by atoms with Gasteiger partial charge >= 0.3 is 5.97 Å². The van der Waals surface area contributed by atoms with Crippen LogP contribution in [-0.2, 0) is 16.0 Å². The van der Waals surface area contributed by atoms with Gasteiger partial charge in [0.1, 0.15) is 5.75 Å². The molecule has 0 saturated heterocycles. The number of rotatable bonds is 7. The van der Waals surface area contributed by atoms with E-state index in [0.717, 1.165) is 18.4 Å². The number of unbranched alkanes of at least 4 members (excludes halogenated alkanes) is 1. The lowest BCUT2D eigenvalue weighted by atomic mass is 10.1. The van der Waals surface area contributed by atoms with Gasteiger partial charge in [0, 0.05) is 0 Å². The number of aliphatic hydroxyl groups is 1. The van der Waals surface area contributed by atoms with Crippen molar-refractivity contribution in [2.24, 2.45) is 0 Å². The molecule has 0 aromatic heterocycles. The number of benzene rings is 1. The molecule has 17 heavy (non-hydrogen) atoms. The molecule has 4 nitrogen and oxygen atoms in total. The van der Waals surface area contributed by atoms with Crippen LogP contribution in [0.15, 0.2) is 24.3 Å². The average Bonchev–Trinajstić information content (AvgIpc) is 2.32. The number of esters is 1. The topological polar surface area (TPSA) is 55.8 Å². The van der Waals surface area contributed by atoms with Crippen LogP contribution in [0.1, 0.15) is 25.3 Å². The maximum absolute atomic E-state index is 11.4. The van der Waals surface area contributed by atoms with Crippen molar-refractivity contribution in [3.05, 3.63) is 29.8 Å². The zero-order valence-electron chi connectivity index (χ0n) is 10.0. The fourth-order valence-electron chi connectivity index (χ4n) is 1.33.